The second-order valence-corrected chi connectivity index (χ2v) is 4.68. The van der Waals surface area contributed by atoms with Gasteiger partial charge in [0.25, 0.3) is 5.91 Å². The minimum Gasteiger partial charge on any atom is -0.508 e. The summed E-state index contributed by atoms with van der Waals surface area (Å²) in [6.45, 7) is 2.28. The van der Waals surface area contributed by atoms with Crippen LogP contribution in [0, 0.1) is 6.92 Å². The number of hydrogen-bond donors (Lipinski definition) is 1. The van der Waals surface area contributed by atoms with E-state index in [1.165, 1.54) is 0 Å². The van der Waals surface area contributed by atoms with E-state index in [0.717, 1.165) is 5.56 Å². The minimum atomic E-state index is -0.0769. The highest BCUT2D eigenvalue weighted by Gasteiger charge is 2.13. The van der Waals surface area contributed by atoms with Gasteiger partial charge in [0.15, 0.2) is 0 Å². The first-order valence-electron chi connectivity index (χ1n) is 6.00. The van der Waals surface area contributed by atoms with Crippen LogP contribution in [0.15, 0.2) is 30.6 Å². The van der Waals surface area contributed by atoms with E-state index in [2.05, 4.69) is 5.10 Å². The monoisotopic (exact) mass is 259 g/mol. The Morgan fingerprint density at radius 2 is 2.21 bits per heavy atom. The van der Waals surface area contributed by atoms with E-state index in [1.807, 2.05) is 13.2 Å². The molecule has 5 nitrogen and oxygen atoms in total. The number of phenolic OH excluding ortho intramolecular Hbond substituents is 1. The van der Waals surface area contributed by atoms with Gasteiger partial charge in [-0.1, -0.05) is 0 Å². The van der Waals surface area contributed by atoms with Gasteiger partial charge in [-0.15, -0.1) is 0 Å². The first kappa shape index (κ1) is 13.1. The average Bonchev–Trinajstić information content (AvgIpc) is 2.77. The summed E-state index contributed by atoms with van der Waals surface area (Å²) in [5.74, 6) is 0.124. The average molecular weight is 259 g/mol. The standard InChI is InChI=1S/C14H17N3O2/c1-10-6-12(4-5-13(10)18)14(19)16(2)8-11-7-15-17(3)9-11/h4-7,9,18H,8H2,1-3H3. The van der Waals surface area contributed by atoms with Crippen molar-refractivity contribution < 1.29 is 9.90 Å². The molecule has 100 valence electrons. The molecule has 5 heteroatoms. The number of aromatic nitrogens is 2. The van der Waals surface area contributed by atoms with Crippen molar-refractivity contribution in [1.82, 2.24) is 14.7 Å². The predicted molar refractivity (Wildman–Crippen MR) is 71.8 cm³/mol. The van der Waals surface area contributed by atoms with Crippen molar-refractivity contribution in [2.24, 2.45) is 7.05 Å². The second kappa shape index (κ2) is 5.14. The number of aromatic hydroxyl groups is 1. The third kappa shape index (κ3) is 2.93. The van der Waals surface area contributed by atoms with Crippen LogP contribution in [-0.4, -0.2) is 32.7 Å². The number of aryl methyl sites for hydroxylation is 2. The van der Waals surface area contributed by atoms with Crippen LogP contribution in [-0.2, 0) is 13.6 Å². The van der Waals surface area contributed by atoms with Crippen LogP contribution in [0.3, 0.4) is 0 Å². The zero-order valence-corrected chi connectivity index (χ0v) is 11.3. The van der Waals surface area contributed by atoms with E-state index in [1.54, 1.807) is 47.9 Å². The Bertz CT molecular complexity index is 604. The van der Waals surface area contributed by atoms with E-state index < -0.39 is 0 Å². The molecule has 1 N–H and O–H groups in total. The molecule has 0 saturated heterocycles. The zero-order valence-electron chi connectivity index (χ0n) is 11.3. The normalized spacial score (nSPS) is 10.5. The van der Waals surface area contributed by atoms with Crippen molar-refractivity contribution in [2.45, 2.75) is 13.5 Å². The highest BCUT2D eigenvalue weighted by molar-refractivity contribution is 5.94. The highest BCUT2D eigenvalue weighted by Crippen LogP contribution is 2.18. The van der Waals surface area contributed by atoms with Gasteiger partial charge >= 0.3 is 0 Å². The summed E-state index contributed by atoms with van der Waals surface area (Å²) in [6.07, 6.45) is 3.62. The van der Waals surface area contributed by atoms with Gasteiger partial charge in [0.2, 0.25) is 0 Å². The largest absolute Gasteiger partial charge is 0.508 e. The van der Waals surface area contributed by atoms with Crippen molar-refractivity contribution in [2.75, 3.05) is 7.05 Å². The zero-order chi connectivity index (χ0) is 14.0. The number of rotatable bonds is 3. The van der Waals surface area contributed by atoms with Gasteiger partial charge in [0.1, 0.15) is 5.75 Å². The van der Waals surface area contributed by atoms with Gasteiger partial charge in [-0.2, -0.15) is 5.10 Å². The molecular formula is C14H17N3O2. The van der Waals surface area contributed by atoms with E-state index in [4.69, 9.17) is 0 Å². The molecule has 0 bridgehead atoms. The number of hydrogen-bond acceptors (Lipinski definition) is 3. The Labute approximate surface area is 112 Å². The van der Waals surface area contributed by atoms with E-state index >= 15 is 0 Å². The number of carbonyl (C=O) groups is 1. The first-order valence-corrected chi connectivity index (χ1v) is 6.00. The van der Waals surface area contributed by atoms with Gasteiger partial charge in [-0.25, -0.2) is 0 Å². The van der Waals surface area contributed by atoms with Crippen molar-refractivity contribution in [1.29, 1.82) is 0 Å². The Morgan fingerprint density at radius 3 is 2.79 bits per heavy atom. The van der Waals surface area contributed by atoms with Crippen LogP contribution >= 0.6 is 0 Å². The quantitative estimate of drug-likeness (QED) is 0.912. The molecule has 1 aromatic carbocycles. The third-order valence-corrected chi connectivity index (χ3v) is 2.97. The van der Waals surface area contributed by atoms with Gasteiger partial charge in [0, 0.05) is 38.0 Å². The molecule has 1 aromatic heterocycles. The summed E-state index contributed by atoms with van der Waals surface area (Å²) in [4.78, 5) is 13.9. The van der Waals surface area contributed by atoms with Gasteiger partial charge in [0.05, 0.1) is 6.20 Å². The first-order chi connectivity index (χ1) is 8.97. The van der Waals surface area contributed by atoms with Crippen LogP contribution in [0.2, 0.25) is 0 Å². The Kier molecular flexibility index (Phi) is 3.55. The predicted octanol–water partition coefficient (Wildman–Crippen LogP) is 1.71. The summed E-state index contributed by atoms with van der Waals surface area (Å²) in [7, 11) is 3.59. The lowest BCUT2D eigenvalue weighted by Crippen LogP contribution is -2.26. The lowest BCUT2D eigenvalue weighted by molar-refractivity contribution is 0.0785. The van der Waals surface area contributed by atoms with Crippen molar-refractivity contribution in [3.63, 3.8) is 0 Å². The molecule has 1 heterocycles. The molecule has 0 spiro atoms. The summed E-state index contributed by atoms with van der Waals surface area (Å²) in [5.41, 5.74) is 2.25. The molecule has 2 rings (SSSR count). The summed E-state index contributed by atoms with van der Waals surface area (Å²) in [6, 6.07) is 4.86. The molecule has 2 aromatic rings. The molecule has 0 radical (unpaired) electrons. The Morgan fingerprint density at radius 1 is 1.47 bits per heavy atom. The minimum absolute atomic E-state index is 0.0769. The number of benzene rings is 1. The number of carbonyl (C=O) groups excluding carboxylic acids is 1. The van der Waals surface area contributed by atoms with Crippen LogP contribution in [0.5, 0.6) is 5.75 Å². The smallest absolute Gasteiger partial charge is 0.253 e. The number of amides is 1. The second-order valence-electron chi connectivity index (χ2n) is 4.68. The molecule has 0 aliphatic carbocycles. The van der Waals surface area contributed by atoms with E-state index in [-0.39, 0.29) is 11.7 Å². The Balaban J connectivity index is 2.12. The Hall–Kier alpha value is -2.30. The van der Waals surface area contributed by atoms with Crippen molar-refractivity contribution >= 4 is 5.91 Å². The lowest BCUT2D eigenvalue weighted by atomic mass is 10.1. The molecule has 0 aliphatic rings. The summed E-state index contributed by atoms with van der Waals surface area (Å²) < 4.78 is 1.71. The maximum atomic E-state index is 12.2. The maximum absolute atomic E-state index is 12.2. The number of phenols is 1. The fourth-order valence-electron chi connectivity index (χ4n) is 1.91. The molecule has 0 unspecified atom stereocenters. The van der Waals surface area contributed by atoms with Crippen LogP contribution in [0.4, 0.5) is 0 Å². The fraction of sp³-hybridized carbons (Fsp3) is 0.286. The summed E-state index contributed by atoms with van der Waals surface area (Å²) >= 11 is 0. The molecular weight excluding hydrogens is 242 g/mol. The molecule has 0 atom stereocenters. The van der Waals surface area contributed by atoms with Crippen LogP contribution in [0.1, 0.15) is 21.5 Å². The summed E-state index contributed by atoms with van der Waals surface area (Å²) in [5, 5.41) is 13.5. The van der Waals surface area contributed by atoms with E-state index in [9.17, 15) is 9.90 Å². The van der Waals surface area contributed by atoms with Gasteiger partial charge in [-0.05, 0) is 30.7 Å². The van der Waals surface area contributed by atoms with Gasteiger partial charge in [-0.3, -0.25) is 9.48 Å². The highest BCUT2D eigenvalue weighted by atomic mass is 16.3. The molecule has 0 aliphatic heterocycles. The maximum Gasteiger partial charge on any atom is 0.253 e. The van der Waals surface area contributed by atoms with Crippen molar-refractivity contribution in [3.8, 4) is 5.75 Å². The van der Waals surface area contributed by atoms with E-state index in [0.29, 0.717) is 17.7 Å². The molecule has 19 heavy (non-hydrogen) atoms. The van der Waals surface area contributed by atoms with Crippen LogP contribution in [0.25, 0.3) is 0 Å². The lowest BCUT2D eigenvalue weighted by Gasteiger charge is -2.16. The molecule has 0 fully saturated rings. The molecule has 1 amide bonds. The fourth-order valence-corrected chi connectivity index (χ4v) is 1.91. The molecule has 0 saturated carbocycles. The van der Waals surface area contributed by atoms with Crippen molar-refractivity contribution in [3.05, 3.63) is 47.3 Å². The third-order valence-electron chi connectivity index (χ3n) is 2.97. The topological polar surface area (TPSA) is 58.4 Å². The number of nitrogens with zero attached hydrogens (tertiary/aromatic N) is 3. The van der Waals surface area contributed by atoms with Crippen LogP contribution < -0.4 is 0 Å². The SMILES string of the molecule is Cc1cc(C(=O)N(C)Cc2cnn(C)c2)ccc1O. The van der Waals surface area contributed by atoms with Gasteiger partial charge < -0.3 is 10.0 Å².